The molecule has 0 saturated carbocycles. The fourth-order valence-corrected chi connectivity index (χ4v) is 3.53. The number of pyridine rings is 1. The van der Waals surface area contributed by atoms with E-state index in [9.17, 15) is 0 Å². The number of rotatable bonds is 8. The summed E-state index contributed by atoms with van der Waals surface area (Å²) in [5.74, 6) is 1.37. The molecule has 2 aromatic carbocycles. The Hall–Kier alpha value is -3.59. The molecule has 0 aliphatic rings. The average Bonchev–Trinajstić information content (AvgIpc) is 2.74. The molecule has 0 amide bonds. The van der Waals surface area contributed by atoms with E-state index in [2.05, 4.69) is 25.6 Å². The maximum absolute atomic E-state index is 6.18. The van der Waals surface area contributed by atoms with Gasteiger partial charge in [-0.05, 0) is 49.2 Å². The second-order valence-electron chi connectivity index (χ2n) is 6.97. The quantitative estimate of drug-likeness (QED) is 0.239. The number of methoxy groups -OCH3 is 1. The number of halogens is 1. The van der Waals surface area contributed by atoms with Crippen molar-refractivity contribution in [1.82, 2.24) is 19.9 Å². The molecule has 10 heteroatoms. The summed E-state index contributed by atoms with van der Waals surface area (Å²) in [6.07, 6.45) is 1.82. The van der Waals surface area contributed by atoms with Gasteiger partial charge >= 0.3 is 0 Å². The number of nitrogens with two attached hydrogens (primary N) is 2. The van der Waals surface area contributed by atoms with Gasteiger partial charge in [0, 0.05) is 28.9 Å². The van der Waals surface area contributed by atoms with Crippen molar-refractivity contribution >= 4 is 56.9 Å². The van der Waals surface area contributed by atoms with E-state index in [1.807, 2.05) is 36.4 Å². The molecule has 0 aliphatic heterocycles. The van der Waals surface area contributed by atoms with Crippen LogP contribution in [0.1, 0.15) is 12.8 Å². The third-order valence-corrected chi connectivity index (χ3v) is 5.04. The zero-order valence-electron chi connectivity index (χ0n) is 17.0. The third-order valence-electron chi connectivity index (χ3n) is 4.80. The zero-order valence-corrected chi connectivity index (χ0v) is 17.8. The summed E-state index contributed by atoms with van der Waals surface area (Å²) in [7, 11) is 1.66. The summed E-state index contributed by atoms with van der Waals surface area (Å²) in [5, 5.41) is 9.36. The molecule has 0 bridgehead atoms. The molecule has 4 rings (SSSR count). The van der Waals surface area contributed by atoms with Crippen molar-refractivity contribution in [1.29, 1.82) is 0 Å². The van der Waals surface area contributed by atoms with Crippen molar-refractivity contribution in [3.8, 4) is 5.75 Å². The van der Waals surface area contributed by atoms with Crippen LogP contribution in [0.3, 0.4) is 0 Å². The van der Waals surface area contributed by atoms with E-state index in [1.165, 1.54) is 0 Å². The number of benzene rings is 2. The Bertz CT molecular complexity index is 1210. The molecular weight excluding hydrogens is 416 g/mol. The minimum atomic E-state index is 0.101. The number of nitrogen functional groups attached to an aromatic ring is 2. The van der Waals surface area contributed by atoms with E-state index < -0.39 is 0 Å². The lowest BCUT2D eigenvalue weighted by atomic mass is 10.1. The van der Waals surface area contributed by atoms with Crippen LogP contribution in [0.15, 0.2) is 36.4 Å². The van der Waals surface area contributed by atoms with Crippen LogP contribution >= 0.6 is 11.6 Å². The van der Waals surface area contributed by atoms with Crippen LogP contribution in [0.2, 0.25) is 5.02 Å². The van der Waals surface area contributed by atoms with Crippen LogP contribution < -0.4 is 26.8 Å². The third kappa shape index (κ3) is 4.77. The van der Waals surface area contributed by atoms with E-state index in [1.54, 1.807) is 7.11 Å². The Morgan fingerprint density at radius 3 is 2.32 bits per heavy atom. The first kappa shape index (κ1) is 20.7. The van der Waals surface area contributed by atoms with Gasteiger partial charge in [-0.2, -0.15) is 15.0 Å². The highest BCUT2D eigenvalue weighted by Crippen LogP contribution is 2.34. The topological polar surface area (TPSA) is 137 Å². The second kappa shape index (κ2) is 9.05. The standard InChI is InChI=1S/C21H23ClN8O/c1-31-13-5-7-16-15(11-13)18(14-6-4-12(22)10-17(14)27-16)25-8-2-3-9-26-21-29-19(23)28-20(24)30-21/h4-7,10-11H,2-3,8-9H2,1H3,(H,25,27)(H5,23,24,26,28,29,30). The Kier molecular flexibility index (Phi) is 6.03. The summed E-state index contributed by atoms with van der Waals surface area (Å²) in [6, 6.07) is 11.6. The fourth-order valence-electron chi connectivity index (χ4n) is 3.37. The number of nitrogens with one attached hydrogen (secondary N) is 2. The molecule has 6 N–H and O–H groups in total. The molecule has 0 aliphatic carbocycles. The molecule has 160 valence electrons. The van der Waals surface area contributed by atoms with E-state index in [4.69, 9.17) is 32.8 Å². The lowest BCUT2D eigenvalue weighted by Crippen LogP contribution is -2.11. The molecule has 0 spiro atoms. The number of nitrogens with zero attached hydrogens (tertiary/aromatic N) is 4. The molecule has 4 aromatic rings. The summed E-state index contributed by atoms with van der Waals surface area (Å²) >= 11 is 6.18. The maximum atomic E-state index is 6.18. The van der Waals surface area contributed by atoms with E-state index in [-0.39, 0.29) is 11.9 Å². The highest BCUT2D eigenvalue weighted by molar-refractivity contribution is 6.31. The van der Waals surface area contributed by atoms with Gasteiger partial charge in [-0.3, -0.25) is 0 Å². The molecule has 2 aromatic heterocycles. The molecule has 0 unspecified atom stereocenters. The first-order valence-electron chi connectivity index (χ1n) is 9.85. The fraction of sp³-hybridized carbons (Fsp3) is 0.238. The minimum Gasteiger partial charge on any atom is -0.497 e. The van der Waals surface area contributed by atoms with Crippen LogP contribution in [0.5, 0.6) is 5.75 Å². The first-order valence-corrected chi connectivity index (χ1v) is 10.2. The minimum absolute atomic E-state index is 0.101. The SMILES string of the molecule is COc1ccc2nc3cc(Cl)ccc3c(NCCCCNc3nc(N)nc(N)n3)c2c1. The van der Waals surface area contributed by atoms with Gasteiger partial charge in [-0.25, -0.2) is 4.98 Å². The van der Waals surface area contributed by atoms with Crippen molar-refractivity contribution in [3.05, 3.63) is 41.4 Å². The molecule has 0 atom stereocenters. The van der Waals surface area contributed by atoms with Crippen molar-refractivity contribution in [2.75, 3.05) is 42.3 Å². The normalized spacial score (nSPS) is 11.0. The van der Waals surface area contributed by atoms with Crippen LogP contribution in [0.4, 0.5) is 23.5 Å². The van der Waals surface area contributed by atoms with Crippen molar-refractivity contribution in [2.24, 2.45) is 0 Å². The largest absolute Gasteiger partial charge is 0.497 e. The molecular formula is C21H23ClN8O. The number of hydrogen-bond donors (Lipinski definition) is 4. The predicted molar refractivity (Wildman–Crippen MR) is 126 cm³/mol. The smallest absolute Gasteiger partial charge is 0.229 e. The van der Waals surface area contributed by atoms with E-state index in [0.717, 1.165) is 52.6 Å². The summed E-state index contributed by atoms with van der Waals surface area (Å²) < 4.78 is 5.41. The van der Waals surface area contributed by atoms with Crippen LogP contribution in [0, 0.1) is 0 Å². The predicted octanol–water partition coefficient (Wildman–Crippen LogP) is 3.70. The van der Waals surface area contributed by atoms with Gasteiger partial charge in [0.25, 0.3) is 0 Å². The highest BCUT2D eigenvalue weighted by Gasteiger charge is 2.11. The monoisotopic (exact) mass is 438 g/mol. The average molecular weight is 439 g/mol. The Morgan fingerprint density at radius 1 is 0.839 bits per heavy atom. The summed E-state index contributed by atoms with van der Waals surface area (Å²) in [5.41, 5.74) is 13.9. The van der Waals surface area contributed by atoms with Crippen molar-refractivity contribution in [3.63, 3.8) is 0 Å². The van der Waals surface area contributed by atoms with Gasteiger partial charge in [-0.1, -0.05) is 11.6 Å². The molecule has 0 saturated heterocycles. The lowest BCUT2D eigenvalue weighted by Gasteiger charge is -2.14. The van der Waals surface area contributed by atoms with Crippen LogP contribution in [-0.2, 0) is 0 Å². The van der Waals surface area contributed by atoms with Gasteiger partial charge in [0.15, 0.2) is 0 Å². The van der Waals surface area contributed by atoms with Crippen LogP contribution in [-0.4, -0.2) is 40.1 Å². The van der Waals surface area contributed by atoms with Gasteiger partial charge in [0.2, 0.25) is 17.8 Å². The summed E-state index contributed by atoms with van der Waals surface area (Å²) in [6.45, 7) is 1.46. The van der Waals surface area contributed by atoms with Gasteiger partial charge in [-0.15, -0.1) is 0 Å². The Labute approximate surface area is 184 Å². The van der Waals surface area contributed by atoms with Gasteiger partial charge in [0.1, 0.15) is 5.75 Å². The lowest BCUT2D eigenvalue weighted by molar-refractivity contribution is 0.415. The maximum Gasteiger partial charge on any atom is 0.229 e. The molecule has 9 nitrogen and oxygen atoms in total. The molecule has 31 heavy (non-hydrogen) atoms. The molecule has 2 heterocycles. The zero-order chi connectivity index (χ0) is 21.8. The summed E-state index contributed by atoms with van der Waals surface area (Å²) in [4.78, 5) is 16.5. The van der Waals surface area contributed by atoms with Crippen molar-refractivity contribution in [2.45, 2.75) is 12.8 Å². The van der Waals surface area contributed by atoms with Crippen molar-refractivity contribution < 1.29 is 4.74 Å². The number of hydrogen-bond acceptors (Lipinski definition) is 9. The number of fused-ring (bicyclic) bond motifs is 2. The van der Waals surface area contributed by atoms with Crippen LogP contribution in [0.25, 0.3) is 21.8 Å². The Balaban J connectivity index is 1.46. The highest BCUT2D eigenvalue weighted by atomic mass is 35.5. The molecule has 0 fully saturated rings. The molecule has 0 radical (unpaired) electrons. The number of aromatic nitrogens is 4. The number of anilines is 4. The number of ether oxygens (including phenoxy) is 1. The van der Waals surface area contributed by atoms with E-state index >= 15 is 0 Å². The van der Waals surface area contributed by atoms with Gasteiger partial charge < -0.3 is 26.8 Å². The second-order valence-corrected chi connectivity index (χ2v) is 7.40. The number of unbranched alkanes of at least 4 members (excludes halogenated alkanes) is 1. The van der Waals surface area contributed by atoms with E-state index in [0.29, 0.717) is 17.5 Å². The first-order chi connectivity index (χ1) is 15.0. The van der Waals surface area contributed by atoms with Gasteiger partial charge in [0.05, 0.1) is 23.8 Å². The Morgan fingerprint density at radius 2 is 1.58 bits per heavy atom.